The van der Waals surface area contributed by atoms with Gasteiger partial charge in [-0.3, -0.25) is 9.59 Å². The summed E-state index contributed by atoms with van der Waals surface area (Å²) in [4.78, 5) is 24.7. The van der Waals surface area contributed by atoms with E-state index in [9.17, 15) is 22.4 Å². The highest BCUT2D eigenvalue weighted by Crippen LogP contribution is 2.18. The van der Waals surface area contributed by atoms with E-state index in [2.05, 4.69) is 5.32 Å². The maximum absolute atomic E-state index is 13.0. The van der Waals surface area contributed by atoms with Crippen LogP contribution in [-0.2, 0) is 19.6 Å². The number of sulfonamides is 1. The summed E-state index contributed by atoms with van der Waals surface area (Å²) in [6, 6.07) is 4.64. The number of rotatable bonds is 5. The highest BCUT2D eigenvalue weighted by atomic mass is 32.2. The van der Waals surface area contributed by atoms with Gasteiger partial charge in [-0.05, 0) is 30.7 Å². The number of halogens is 1. The van der Waals surface area contributed by atoms with Gasteiger partial charge in [0.1, 0.15) is 5.82 Å². The average molecular weight is 372 g/mol. The van der Waals surface area contributed by atoms with Gasteiger partial charge >= 0.3 is 0 Å². The molecule has 0 aliphatic carbocycles. The van der Waals surface area contributed by atoms with Crippen LogP contribution in [0.4, 0.5) is 4.39 Å². The van der Waals surface area contributed by atoms with E-state index in [0.29, 0.717) is 13.0 Å². The van der Waals surface area contributed by atoms with Crippen LogP contribution in [0.25, 0.3) is 0 Å². The number of nitrogens with two attached hydrogens (primary N) is 1. The molecular formula is C15H21FN4O4S. The van der Waals surface area contributed by atoms with Crippen LogP contribution < -0.4 is 11.1 Å². The Labute approximate surface area is 145 Å². The Bertz CT molecular complexity index is 724. The molecule has 138 valence electrons. The molecule has 10 heteroatoms. The Morgan fingerprint density at radius 2 is 1.80 bits per heavy atom. The first-order valence-corrected chi connectivity index (χ1v) is 9.29. The number of carbonyl (C=O) groups excluding carboxylic acids is 2. The summed E-state index contributed by atoms with van der Waals surface area (Å²) in [6.07, 6.45) is 0.469. The molecule has 0 radical (unpaired) electrons. The molecule has 3 N–H and O–H groups in total. The molecule has 2 amide bonds. The maximum Gasteiger partial charge on any atom is 0.243 e. The first-order chi connectivity index (χ1) is 11.8. The van der Waals surface area contributed by atoms with Crippen molar-refractivity contribution < 1.29 is 22.4 Å². The summed E-state index contributed by atoms with van der Waals surface area (Å²) in [5.41, 5.74) is 5.16. The third-order valence-corrected chi connectivity index (χ3v) is 5.79. The van der Waals surface area contributed by atoms with E-state index in [-0.39, 0.29) is 43.5 Å². The van der Waals surface area contributed by atoms with Crippen molar-refractivity contribution in [3.05, 3.63) is 30.1 Å². The lowest BCUT2D eigenvalue weighted by Gasteiger charge is -2.22. The average Bonchev–Trinajstić information content (AvgIpc) is 2.86. The van der Waals surface area contributed by atoms with Gasteiger partial charge in [0.05, 0.1) is 18.0 Å². The predicted octanol–water partition coefficient (Wildman–Crippen LogP) is -0.876. The molecule has 0 saturated carbocycles. The van der Waals surface area contributed by atoms with Crippen molar-refractivity contribution in [3.8, 4) is 0 Å². The number of nitrogens with zero attached hydrogens (tertiary/aromatic N) is 2. The molecule has 0 atom stereocenters. The highest BCUT2D eigenvalue weighted by Gasteiger charge is 2.28. The summed E-state index contributed by atoms with van der Waals surface area (Å²) >= 11 is 0. The Balaban J connectivity index is 1.99. The summed E-state index contributed by atoms with van der Waals surface area (Å²) < 4.78 is 39.5. The van der Waals surface area contributed by atoms with Crippen molar-refractivity contribution in [3.63, 3.8) is 0 Å². The molecule has 1 aromatic carbocycles. The van der Waals surface area contributed by atoms with E-state index in [4.69, 9.17) is 5.73 Å². The summed E-state index contributed by atoms with van der Waals surface area (Å²) in [6.45, 7) is 0.650. The summed E-state index contributed by atoms with van der Waals surface area (Å²) in [5.74, 6) is -1.22. The van der Waals surface area contributed by atoms with Crippen molar-refractivity contribution in [2.75, 3.05) is 39.3 Å². The second-order valence-corrected chi connectivity index (χ2v) is 7.51. The minimum Gasteiger partial charge on any atom is -0.346 e. The molecule has 2 rings (SSSR count). The number of carbonyl (C=O) groups is 2. The SMILES string of the molecule is NCC(=O)NCC(=O)N1CCCN(S(=O)(=O)c2ccc(F)cc2)CC1. The fourth-order valence-corrected chi connectivity index (χ4v) is 3.97. The molecule has 1 fully saturated rings. The molecule has 1 aliphatic heterocycles. The number of nitrogens with one attached hydrogen (secondary N) is 1. The molecule has 0 unspecified atom stereocenters. The topological polar surface area (TPSA) is 113 Å². The number of hydrogen-bond donors (Lipinski definition) is 2. The predicted molar refractivity (Wildman–Crippen MR) is 88.4 cm³/mol. The van der Waals surface area contributed by atoms with Gasteiger partial charge in [-0.25, -0.2) is 12.8 Å². The standard InChI is InChI=1S/C15H21FN4O4S/c16-12-2-4-13(5-3-12)25(23,24)20-7-1-6-19(8-9-20)15(22)11-18-14(21)10-17/h2-5H,1,6-11,17H2,(H,18,21). The van der Waals surface area contributed by atoms with Crippen molar-refractivity contribution in [1.29, 1.82) is 0 Å². The van der Waals surface area contributed by atoms with Crippen molar-refractivity contribution in [2.45, 2.75) is 11.3 Å². The fraction of sp³-hybridized carbons (Fsp3) is 0.467. The maximum atomic E-state index is 13.0. The minimum absolute atomic E-state index is 0.0175. The van der Waals surface area contributed by atoms with E-state index < -0.39 is 21.7 Å². The van der Waals surface area contributed by atoms with Crippen LogP contribution in [0.5, 0.6) is 0 Å². The van der Waals surface area contributed by atoms with E-state index in [1.807, 2.05) is 0 Å². The van der Waals surface area contributed by atoms with Gasteiger partial charge in [0.25, 0.3) is 0 Å². The van der Waals surface area contributed by atoms with Crippen molar-refractivity contribution >= 4 is 21.8 Å². The van der Waals surface area contributed by atoms with Crippen molar-refractivity contribution in [1.82, 2.24) is 14.5 Å². The molecule has 1 aliphatic rings. The molecule has 1 heterocycles. The van der Waals surface area contributed by atoms with Gasteiger partial charge in [-0.15, -0.1) is 0 Å². The van der Waals surface area contributed by atoms with Crippen LogP contribution in [0.3, 0.4) is 0 Å². The largest absolute Gasteiger partial charge is 0.346 e. The van der Waals surface area contributed by atoms with Crippen LogP contribution >= 0.6 is 0 Å². The second-order valence-electron chi connectivity index (χ2n) is 5.57. The van der Waals surface area contributed by atoms with Gasteiger partial charge in [0.2, 0.25) is 21.8 Å². The third kappa shape index (κ3) is 4.97. The van der Waals surface area contributed by atoms with E-state index >= 15 is 0 Å². The number of hydrogen-bond acceptors (Lipinski definition) is 5. The molecule has 0 bridgehead atoms. The smallest absolute Gasteiger partial charge is 0.243 e. The van der Waals surface area contributed by atoms with Gasteiger partial charge < -0.3 is 16.0 Å². The molecule has 8 nitrogen and oxygen atoms in total. The van der Waals surface area contributed by atoms with Gasteiger partial charge in [0, 0.05) is 26.2 Å². The van der Waals surface area contributed by atoms with Crippen LogP contribution in [-0.4, -0.2) is 68.7 Å². The number of benzene rings is 1. The summed E-state index contributed by atoms with van der Waals surface area (Å²) in [7, 11) is -3.74. The molecule has 1 aromatic rings. The van der Waals surface area contributed by atoms with E-state index in [1.54, 1.807) is 0 Å². The number of amides is 2. The molecule has 0 aromatic heterocycles. The molecular weight excluding hydrogens is 351 g/mol. The van der Waals surface area contributed by atoms with Crippen LogP contribution in [0.2, 0.25) is 0 Å². The monoisotopic (exact) mass is 372 g/mol. The molecule has 1 saturated heterocycles. The zero-order chi connectivity index (χ0) is 18.4. The van der Waals surface area contributed by atoms with E-state index in [0.717, 1.165) is 12.1 Å². The third-order valence-electron chi connectivity index (χ3n) is 3.88. The Morgan fingerprint density at radius 3 is 2.44 bits per heavy atom. The minimum atomic E-state index is -3.74. The highest BCUT2D eigenvalue weighted by molar-refractivity contribution is 7.89. The lowest BCUT2D eigenvalue weighted by Crippen LogP contribution is -2.43. The summed E-state index contributed by atoms with van der Waals surface area (Å²) in [5, 5.41) is 2.40. The van der Waals surface area contributed by atoms with Gasteiger partial charge in [0.15, 0.2) is 0 Å². The fourth-order valence-electron chi connectivity index (χ4n) is 2.50. The van der Waals surface area contributed by atoms with Gasteiger partial charge in [-0.2, -0.15) is 4.31 Å². The first-order valence-electron chi connectivity index (χ1n) is 7.85. The van der Waals surface area contributed by atoms with E-state index in [1.165, 1.54) is 21.3 Å². The Kier molecular flexibility index (Phi) is 6.45. The lowest BCUT2D eigenvalue weighted by atomic mass is 10.3. The van der Waals surface area contributed by atoms with Crippen LogP contribution in [0, 0.1) is 5.82 Å². The van der Waals surface area contributed by atoms with Crippen LogP contribution in [0.1, 0.15) is 6.42 Å². The Morgan fingerprint density at radius 1 is 1.12 bits per heavy atom. The normalized spacial score (nSPS) is 16.3. The quantitative estimate of drug-likeness (QED) is 0.697. The Hall–Kier alpha value is -2.04. The molecule has 0 spiro atoms. The van der Waals surface area contributed by atoms with Crippen molar-refractivity contribution in [2.24, 2.45) is 5.73 Å². The van der Waals surface area contributed by atoms with Gasteiger partial charge in [-0.1, -0.05) is 0 Å². The lowest BCUT2D eigenvalue weighted by molar-refractivity contribution is -0.132. The second kappa shape index (κ2) is 8.37. The zero-order valence-electron chi connectivity index (χ0n) is 13.7. The molecule has 25 heavy (non-hydrogen) atoms. The zero-order valence-corrected chi connectivity index (χ0v) is 14.5. The van der Waals surface area contributed by atoms with Crippen LogP contribution in [0.15, 0.2) is 29.2 Å². The first kappa shape index (κ1) is 19.3.